The molecular weight excluding hydrogens is 354 g/mol. The molecule has 0 spiro atoms. The standard InChI is InChI=1S/C19H24BrNO2/c1-19(2,3)23-18(22)13-9-10-14-15(11-13)21-17(20)16(14)12-7-5-4-6-8-12/h9-12,21H,4-8H2,1-3H3. The summed E-state index contributed by atoms with van der Waals surface area (Å²) in [5.74, 6) is 0.337. The zero-order valence-electron chi connectivity index (χ0n) is 14.0. The van der Waals surface area contributed by atoms with Gasteiger partial charge in [-0.15, -0.1) is 0 Å². The fourth-order valence-corrected chi connectivity index (χ4v) is 4.19. The number of fused-ring (bicyclic) bond motifs is 1. The highest BCUT2D eigenvalue weighted by atomic mass is 79.9. The lowest BCUT2D eigenvalue weighted by Crippen LogP contribution is -2.23. The van der Waals surface area contributed by atoms with E-state index in [0.717, 1.165) is 10.1 Å². The van der Waals surface area contributed by atoms with E-state index in [-0.39, 0.29) is 5.97 Å². The summed E-state index contributed by atoms with van der Waals surface area (Å²) in [5, 5.41) is 1.22. The lowest BCUT2D eigenvalue weighted by Gasteiger charge is -2.22. The molecule has 0 aliphatic heterocycles. The number of aromatic nitrogens is 1. The molecular formula is C19H24BrNO2. The Morgan fingerprint density at radius 1 is 1.22 bits per heavy atom. The number of H-pyrrole nitrogens is 1. The first kappa shape index (κ1) is 16.6. The monoisotopic (exact) mass is 377 g/mol. The Labute approximate surface area is 145 Å². The van der Waals surface area contributed by atoms with Crippen molar-refractivity contribution < 1.29 is 9.53 Å². The third-order valence-electron chi connectivity index (χ3n) is 4.44. The number of carbonyl (C=O) groups excluding carboxylic acids is 1. The third kappa shape index (κ3) is 3.63. The van der Waals surface area contributed by atoms with Crippen LogP contribution in [0.3, 0.4) is 0 Å². The Kier molecular flexibility index (Phi) is 4.54. The van der Waals surface area contributed by atoms with Crippen molar-refractivity contribution in [2.24, 2.45) is 0 Å². The fraction of sp³-hybridized carbons (Fsp3) is 0.526. The molecule has 1 heterocycles. The molecule has 2 aromatic rings. The summed E-state index contributed by atoms with van der Waals surface area (Å²) in [6.45, 7) is 5.65. The number of aromatic amines is 1. The van der Waals surface area contributed by atoms with Crippen LogP contribution < -0.4 is 0 Å². The van der Waals surface area contributed by atoms with E-state index in [0.29, 0.717) is 11.5 Å². The summed E-state index contributed by atoms with van der Waals surface area (Å²) in [4.78, 5) is 15.6. The number of esters is 1. The number of ether oxygens (including phenoxy) is 1. The number of nitrogens with one attached hydrogen (secondary N) is 1. The predicted molar refractivity (Wildman–Crippen MR) is 97.0 cm³/mol. The number of hydrogen-bond acceptors (Lipinski definition) is 2. The average Bonchev–Trinajstić information content (AvgIpc) is 2.81. The van der Waals surface area contributed by atoms with E-state index >= 15 is 0 Å². The number of hydrogen-bond donors (Lipinski definition) is 1. The van der Waals surface area contributed by atoms with Crippen LogP contribution in [0.5, 0.6) is 0 Å². The number of rotatable bonds is 2. The van der Waals surface area contributed by atoms with Gasteiger partial charge in [0.1, 0.15) is 5.60 Å². The van der Waals surface area contributed by atoms with Gasteiger partial charge >= 0.3 is 5.97 Å². The molecule has 1 aromatic heterocycles. The minimum Gasteiger partial charge on any atom is -0.456 e. The smallest absolute Gasteiger partial charge is 0.338 e. The molecule has 1 aromatic carbocycles. The second-order valence-electron chi connectivity index (χ2n) is 7.45. The maximum absolute atomic E-state index is 12.2. The maximum atomic E-state index is 12.2. The van der Waals surface area contributed by atoms with Gasteiger partial charge in [0.25, 0.3) is 0 Å². The largest absolute Gasteiger partial charge is 0.456 e. The van der Waals surface area contributed by atoms with Crippen LogP contribution in [0.2, 0.25) is 0 Å². The van der Waals surface area contributed by atoms with Gasteiger partial charge in [0.15, 0.2) is 0 Å². The first-order chi connectivity index (χ1) is 10.8. The number of benzene rings is 1. The normalized spacial score (nSPS) is 16.7. The van der Waals surface area contributed by atoms with E-state index in [1.807, 2.05) is 32.9 Å². The molecule has 4 heteroatoms. The topological polar surface area (TPSA) is 42.1 Å². The van der Waals surface area contributed by atoms with Crippen molar-refractivity contribution in [3.63, 3.8) is 0 Å². The van der Waals surface area contributed by atoms with Crippen molar-refractivity contribution in [3.05, 3.63) is 33.9 Å². The summed E-state index contributed by atoms with van der Waals surface area (Å²) in [6, 6.07) is 5.84. The molecule has 3 nitrogen and oxygen atoms in total. The van der Waals surface area contributed by atoms with Crippen LogP contribution in [0.15, 0.2) is 22.8 Å². The molecule has 0 saturated heterocycles. The van der Waals surface area contributed by atoms with Crippen LogP contribution in [0.1, 0.15) is 74.7 Å². The molecule has 0 unspecified atom stereocenters. The summed E-state index contributed by atoms with van der Waals surface area (Å²) < 4.78 is 6.52. The zero-order valence-corrected chi connectivity index (χ0v) is 15.6. The van der Waals surface area contributed by atoms with Crippen LogP contribution >= 0.6 is 15.9 Å². The van der Waals surface area contributed by atoms with Crippen LogP contribution in [0.4, 0.5) is 0 Å². The minimum absolute atomic E-state index is 0.274. The second kappa shape index (κ2) is 6.31. The zero-order chi connectivity index (χ0) is 16.6. The molecule has 1 saturated carbocycles. The van der Waals surface area contributed by atoms with Crippen LogP contribution in [-0.4, -0.2) is 16.6 Å². The maximum Gasteiger partial charge on any atom is 0.338 e. The van der Waals surface area contributed by atoms with Gasteiger partial charge in [-0.05, 0) is 73.2 Å². The third-order valence-corrected chi connectivity index (χ3v) is 5.06. The van der Waals surface area contributed by atoms with E-state index in [1.54, 1.807) is 0 Å². The average molecular weight is 378 g/mol. The molecule has 0 radical (unpaired) electrons. The van der Waals surface area contributed by atoms with E-state index < -0.39 is 5.60 Å². The Morgan fingerprint density at radius 2 is 1.91 bits per heavy atom. The fourth-order valence-electron chi connectivity index (χ4n) is 3.44. The molecule has 0 atom stereocenters. The number of carbonyl (C=O) groups is 1. The number of halogens is 1. The summed E-state index contributed by atoms with van der Waals surface area (Å²) in [5.41, 5.74) is 2.49. The van der Waals surface area contributed by atoms with Gasteiger partial charge in [-0.2, -0.15) is 0 Å². The summed E-state index contributed by atoms with van der Waals surface area (Å²) >= 11 is 3.68. The van der Waals surface area contributed by atoms with Gasteiger partial charge in [0.05, 0.1) is 10.2 Å². The lowest BCUT2D eigenvalue weighted by atomic mass is 9.84. The molecule has 0 bridgehead atoms. The van der Waals surface area contributed by atoms with Crippen LogP contribution in [-0.2, 0) is 4.74 Å². The first-order valence-electron chi connectivity index (χ1n) is 8.39. The van der Waals surface area contributed by atoms with E-state index in [4.69, 9.17) is 4.74 Å². The highest BCUT2D eigenvalue weighted by molar-refractivity contribution is 9.10. The Hall–Kier alpha value is -1.29. The van der Waals surface area contributed by atoms with Crippen molar-refractivity contribution in [2.75, 3.05) is 0 Å². The molecule has 1 aliphatic carbocycles. The quantitative estimate of drug-likeness (QED) is 0.658. The first-order valence-corrected chi connectivity index (χ1v) is 9.19. The van der Waals surface area contributed by atoms with Gasteiger partial charge in [0.2, 0.25) is 0 Å². The van der Waals surface area contributed by atoms with Gasteiger partial charge in [-0.25, -0.2) is 4.79 Å². The molecule has 0 amide bonds. The van der Waals surface area contributed by atoms with Crippen molar-refractivity contribution in [3.8, 4) is 0 Å². The summed E-state index contributed by atoms with van der Waals surface area (Å²) in [6.07, 6.45) is 6.46. The van der Waals surface area contributed by atoms with E-state index in [2.05, 4.69) is 27.0 Å². The van der Waals surface area contributed by atoms with E-state index in [9.17, 15) is 4.79 Å². The van der Waals surface area contributed by atoms with E-state index in [1.165, 1.54) is 43.1 Å². The Balaban J connectivity index is 1.94. The molecule has 124 valence electrons. The van der Waals surface area contributed by atoms with Crippen LogP contribution in [0, 0.1) is 0 Å². The lowest BCUT2D eigenvalue weighted by molar-refractivity contribution is 0.00697. The van der Waals surface area contributed by atoms with Crippen molar-refractivity contribution in [1.29, 1.82) is 0 Å². The van der Waals surface area contributed by atoms with Crippen LogP contribution in [0.25, 0.3) is 10.9 Å². The molecule has 3 rings (SSSR count). The molecule has 1 N–H and O–H groups in total. The summed E-state index contributed by atoms with van der Waals surface area (Å²) in [7, 11) is 0. The van der Waals surface area contributed by atoms with Gasteiger partial charge < -0.3 is 9.72 Å². The molecule has 1 aliphatic rings. The minimum atomic E-state index is -0.477. The van der Waals surface area contributed by atoms with Crippen molar-refractivity contribution >= 4 is 32.8 Å². The predicted octanol–water partition coefficient (Wildman–Crippen LogP) is 5.93. The van der Waals surface area contributed by atoms with Gasteiger partial charge in [-0.3, -0.25) is 0 Å². The van der Waals surface area contributed by atoms with Gasteiger partial charge in [-0.1, -0.05) is 25.3 Å². The Bertz CT molecular complexity index is 721. The SMILES string of the molecule is CC(C)(C)OC(=O)c1ccc2c(C3CCCCC3)c(Br)[nH]c2c1. The molecule has 23 heavy (non-hydrogen) atoms. The van der Waals surface area contributed by atoms with Crippen molar-refractivity contribution in [1.82, 2.24) is 4.98 Å². The van der Waals surface area contributed by atoms with Crippen molar-refractivity contribution in [2.45, 2.75) is 64.4 Å². The highest BCUT2D eigenvalue weighted by Gasteiger charge is 2.23. The van der Waals surface area contributed by atoms with Gasteiger partial charge in [0, 0.05) is 10.9 Å². The Morgan fingerprint density at radius 3 is 2.57 bits per heavy atom. The second-order valence-corrected chi connectivity index (χ2v) is 8.24. The highest BCUT2D eigenvalue weighted by Crippen LogP contribution is 2.40. The molecule has 1 fully saturated rings.